The molecule has 1 amide bonds. The number of carbonyl (C=O) groups is 1. The molecule has 5 heteroatoms. The predicted molar refractivity (Wildman–Crippen MR) is 131 cm³/mol. The minimum Gasteiger partial charge on any atom is -0.352 e. The maximum atomic E-state index is 12.5. The van der Waals surface area contributed by atoms with E-state index in [0.717, 1.165) is 23.4 Å². The topological polar surface area (TPSA) is 46.9 Å². The van der Waals surface area contributed by atoms with Crippen LogP contribution in [-0.4, -0.2) is 22.0 Å². The molecule has 1 aromatic heterocycles. The minimum absolute atomic E-state index is 0.132. The number of nitrogens with zero attached hydrogens (tertiary/aromatic N) is 2. The fraction of sp³-hybridized carbons (Fsp3) is 0.259. The average molecular weight is 446 g/mol. The fourth-order valence-corrected chi connectivity index (χ4v) is 4.00. The molecule has 0 saturated heterocycles. The van der Waals surface area contributed by atoms with Crippen molar-refractivity contribution in [2.45, 2.75) is 39.2 Å². The van der Waals surface area contributed by atoms with Crippen LogP contribution >= 0.6 is 11.6 Å². The van der Waals surface area contributed by atoms with Gasteiger partial charge < -0.3 is 9.88 Å². The lowest BCUT2D eigenvalue weighted by molar-refractivity contribution is 0.0954. The highest BCUT2D eigenvalue weighted by Gasteiger charge is 2.15. The molecule has 0 saturated carbocycles. The molecule has 0 fully saturated rings. The van der Waals surface area contributed by atoms with E-state index in [1.165, 1.54) is 11.1 Å². The van der Waals surface area contributed by atoms with E-state index in [-0.39, 0.29) is 11.3 Å². The van der Waals surface area contributed by atoms with Gasteiger partial charge in [-0.2, -0.15) is 0 Å². The number of benzene rings is 3. The van der Waals surface area contributed by atoms with Gasteiger partial charge in [0.25, 0.3) is 5.91 Å². The Morgan fingerprint density at radius 1 is 1.00 bits per heavy atom. The maximum Gasteiger partial charge on any atom is 0.251 e. The SMILES string of the molecule is CC(C)(C)c1ccc(Cn2c(CCNC(=O)c3cccc(Cl)c3)nc3ccccc32)cc1. The summed E-state index contributed by atoms with van der Waals surface area (Å²) in [4.78, 5) is 17.3. The van der Waals surface area contributed by atoms with Crippen molar-refractivity contribution < 1.29 is 4.79 Å². The van der Waals surface area contributed by atoms with E-state index in [1.54, 1.807) is 24.3 Å². The molecule has 0 atom stereocenters. The number of imidazole rings is 1. The third-order valence-corrected chi connectivity index (χ3v) is 5.85. The number of rotatable bonds is 6. The Morgan fingerprint density at radius 2 is 1.75 bits per heavy atom. The number of aromatic nitrogens is 2. The van der Waals surface area contributed by atoms with Gasteiger partial charge in [0.1, 0.15) is 5.82 Å². The van der Waals surface area contributed by atoms with Crippen molar-refractivity contribution in [3.05, 3.63) is 100 Å². The second kappa shape index (κ2) is 9.17. The molecular formula is C27H28ClN3O. The highest BCUT2D eigenvalue weighted by atomic mass is 35.5. The van der Waals surface area contributed by atoms with E-state index in [2.05, 4.69) is 61.0 Å². The van der Waals surface area contributed by atoms with E-state index in [1.807, 2.05) is 18.2 Å². The molecule has 1 heterocycles. The molecule has 4 rings (SSSR count). The molecule has 32 heavy (non-hydrogen) atoms. The first-order valence-corrected chi connectivity index (χ1v) is 11.3. The Labute approximate surface area is 194 Å². The predicted octanol–water partition coefficient (Wildman–Crippen LogP) is 6.01. The molecule has 0 aliphatic carbocycles. The largest absolute Gasteiger partial charge is 0.352 e. The van der Waals surface area contributed by atoms with Crippen LogP contribution in [0.2, 0.25) is 5.02 Å². The Hall–Kier alpha value is -3.11. The fourth-order valence-electron chi connectivity index (χ4n) is 3.81. The Kier molecular flexibility index (Phi) is 6.33. The normalized spacial score (nSPS) is 11.6. The van der Waals surface area contributed by atoms with Crippen LogP contribution < -0.4 is 5.32 Å². The van der Waals surface area contributed by atoms with Gasteiger partial charge in [-0.1, -0.05) is 74.8 Å². The zero-order valence-electron chi connectivity index (χ0n) is 18.7. The van der Waals surface area contributed by atoms with Crippen molar-refractivity contribution in [2.75, 3.05) is 6.54 Å². The van der Waals surface area contributed by atoms with Gasteiger partial charge in [-0.05, 0) is 46.9 Å². The number of fused-ring (bicyclic) bond motifs is 1. The van der Waals surface area contributed by atoms with Gasteiger partial charge in [0.15, 0.2) is 0 Å². The summed E-state index contributed by atoms with van der Waals surface area (Å²) in [6.07, 6.45) is 0.640. The molecule has 164 valence electrons. The maximum absolute atomic E-state index is 12.5. The number of para-hydroxylation sites is 2. The average Bonchev–Trinajstić information content (AvgIpc) is 3.11. The summed E-state index contributed by atoms with van der Waals surface area (Å²) < 4.78 is 2.24. The van der Waals surface area contributed by atoms with Crippen LogP contribution in [-0.2, 0) is 18.4 Å². The van der Waals surface area contributed by atoms with Crippen molar-refractivity contribution in [1.82, 2.24) is 14.9 Å². The standard InChI is InChI=1S/C27H28ClN3O/c1-27(2,3)21-13-11-19(12-14-21)18-31-24-10-5-4-9-23(24)30-25(31)15-16-29-26(32)20-7-6-8-22(28)17-20/h4-14,17H,15-16,18H2,1-3H3,(H,29,32). The number of nitrogens with one attached hydrogen (secondary N) is 1. The third-order valence-electron chi connectivity index (χ3n) is 5.62. The second-order valence-corrected chi connectivity index (χ2v) is 9.50. The molecule has 0 unspecified atom stereocenters. The number of hydrogen-bond donors (Lipinski definition) is 1. The van der Waals surface area contributed by atoms with Gasteiger partial charge in [0.05, 0.1) is 11.0 Å². The Balaban J connectivity index is 1.52. The lowest BCUT2D eigenvalue weighted by atomic mass is 9.87. The van der Waals surface area contributed by atoms with E-state index in [0.29, 0.717) is 23.6 Å². The summed E-state index contributed by atoms with van der Waals surface area (Å²) in [7, 11) is 0. The Morgan fingerprint density at radius 3 is 2.47 bits per heavy atom. The van der Waals surface area contributed by atoms with Crippen molar-refractivity contribution in [3.8, 4) is 0 Å². The van der Waals surface area contributed by atoms with Crippen molar-refractivity contribution >= 4 is 28.5 Å². The van der Waals surface area contributed by atoms with Crippen LogP contribution in [0.3, 0.4) is 0 Å². The summed E-state index contributed by atoms with van der Waals surface area (Å²) in [5, 5.41) is 3.54. The van der Waals surface area contributed by atoms with E-state index < -0.39 is 0 Å². The van der Waals surface area contributed by atoms with Crippen LogP contribution in [0.5, 0.6) is 0 Å². The lowest BCUT2D eigenvalue weighted by Crippen LogP contribution is -2.26. The zero-order chi connectivity index (χ0) is 22.7. The molecule has 1 N–H and O–H groups in total. The van der Waals surface area contributed by atoms with E-state index in [9.17, 15) is 4.79 Å². The third kappa shape index (κ3) is 5.03. The highest BCUT2D eigenvalue weighted by Crippen LogP contribution is 2.24. The van der Waals surface area contributed by atoms with Gasteiger partial charge in [0.2, 0.25) is 0 Å². The number of carbonyl (C=O) groups excluding carboxylic acids is 1. The number of halogens is 1. The molecule has 0 radical (unpaired) electrons. The molecule has 0 bridgehead atoms. The first-order valence-electron chi connectivity index (χ1n) is 10.9. The molecule has 0 aliphatic heterocycles. The Bertz CT molecular complexity index is 1240. The van der Waals surface area contributed by atoms with Crippen LogP contribution in [0, 0.1) is 0 Å². The summed E-state index contributed by atoms with van der Waals surface area (Å²) in [6.45, 7) is 7.91. The van der Waals surface area contributed by atoms with Crippen LogP contribution in [0.1, 0.15) is 48.1 Å². The number of amides is 1. The van der Waals surface area contributed by atoms with E-state index in [4.69, 9.17) is 16.6 Å². The van der Waals surface area contributed by atoms with Crippen LogP contribution in [0.25, 0.3) is 11.0 Å². The summed E-state index contributed by atoms with van der Waals surface area (Å²) in [6, 6.07) is 23.9. The zero-order valence-corrected chi connectivity index (χ0v) is 19.5. The molecule has 0 aliphatic rings. The first-order chi connectivity index (χ1) is 15.3. The molecule has 4 nitrogen and oxygen atoms in total. The van der Waals surface area contributed by atoms with Crippen molar-refractivity contribution in [3.63, 3.8) is 0 Å². The van der Waals surface area contributed by atoms with Gasteiger partial charge in [-0.25, -0.2) is 4.98 Å². The second-order valence-electron chi connectivity index (χ2n) is 9.07. The van der Waals surface area contributed by atoms with Gasteiger partial charge in [-0.3, -0.25) is 4.79 Å². The molecule has 3 aromatic carbocycles. The minimum atomic E-state index is -0.132. The molecule has 4 aromatic rings. The molecular weight excluding hydrogens is 418 g/mol. The summed E-state index contributed by atoms with van der Waals surface area (Å²) in [5.41, 5.74) is 5.31. The summed E-state index contributed by atoms with van der Waals surface area (Å²) in [5.74, 6) is 0.824. The smallest absolute Gasteiger partial charge is 0.251 e. The quantitative estimate of drug-likeness (QED) is 0.395. The monoisotopic (exact) mass is 445 g/mol. The van der Waals surface area contributed by atoms with E-state index >= 15 is 0 Å². The van der Waals surface area contributed by atoms with Crippen molar-refractivity contribution in [1.29, 1.82) is 0 Å². The van der Waals surface area contributed by atoms with Gasteiger partial charge in [0, 0.05) is 30.1 Å². The number of hydrogen-bond acceptors (Lipinski definition) is 2. The van der Waals surface area contributed by atoms with Gasteiger partial charge >= 0.3 is 0 Å². The molecule has 0 spiro atoms. The van der Waals surface area contributed by atoms with Crippen LogP contribution in [0.4, 0.5) is 0 Å². The summed E-state index contributed by atoms with van der Waals surface area (Å²) >= 11 is 6.00. The highest BCUT2D eigenvalue weighted by molar-refractivity contribution is 6.30. The van der Waals surface area contributed by atoms with Crippen LogP contribution in [0.15, 0.2) is 72.8 Å². The van der Waals surface area contributed by atoms with Gasteiger partial charge in [-0.15, -0.1) is 0 Å². The van der Waals surface area contributed by atoms with Crippen molar-refractivity contribution in [2.24, 2.45) is 0 Å². The lowest BCUT2D eigenvalue weighted by Gasteiger charge is -2.19. The first kappa shape index (κ1) is 22.1.